The van der Waals surface area contributed by atoms with Crippen molar-refractivity contribution in [1.29, 1.82) is 0 Å². The van der Waals surface area contributed by atoms with Crippen molar-refractivity contribution in [1.82, 2.24) is 14.7 Å². The van der Waals surface area contributed by atoms with Crippen LogP contribution in [0.4, 0.5) is 0 Å². The van der Waals surface area contributed by atoms with E-state index in [2.05, 4.69) is 10.3 Å². The summed E-state index contributed by atoms with van der Waals surface area (Å²) in [6.45, 7) is 7.95. The van der Waals surface area contributed by atoms with Crippen molar-refractivity contribution in [3.63, 3.8) is 0 Å². The van der Waals surface area contributed by atoms with Gasteiger partial charge in [-0.3, -0.25) is 9.20 Å². The van der Waals surface area contributed by atoms with E-state index in [1.165, 1.54) is 0 Å². The molecule has 0 fully saturated rings. The number of nitrogens with one attached hydrogen (secondary N) is 1. The third kappa shape index (κ3) is 2.23. The molecule has 0 spiro atoms. The lowest BCUT2D eigenvalue weighted by Crippen LogP contribution is -2.31. The van der Waals surface area contributed by atoms with Gasteiger partial charge in [0.2, 0.25) is 0 Å². The van der Waals surface area contributed by atoms with Gasteiger partial charge in [-0.15, -0.1) is 0 Å². The van der Waals surface area contributed by atoms with Crippen LogP contribution in [0.3, 0.4) is 0 Å². The van der Waals surface area contributed by atoms with Gasteiger partial charge < -0.3 is 5.32 Å². The molecule has 0 aromatic carbocycles. The summed E-state index contributed by atoms with van der Waals surface area (Å²) in [6, 6.07) is 4.10. The first-order valence-electron chi connectivity index (χ1n) is 6.31. The van der Waals surface area contributed by atoms with Crippen LogP contribution >= 0.6 is 0 Å². The van der Waals surface area contributed by atoms with E-state index in [0.29, 0.717) is 5.69 Å². The number of rotatable bonds is 3. The van der Waals surface area contributed by atoms with Crippen LogP contribution in [-0.4, -0.2) is 21.3 Å². The lowest BCUT2D eigenvalue weighted by atomic mass is 10.2. The van der Waals surface area contributed by atoms with Gasteiger partial charge in [0, 0.05) is 12.2 Å². The number of hydrogen-bond donors (Lipinski definition) is 1. The summed E-state index contributed by atoms with van der Waals surface area (Å²) in [4.78, 5) is 16.7. The number of aromatic nitrogens is 2. The van der Waals surface area contributed by atoms with Crippen molar-refractivity contribution in [3.05, 3.63) is 35.3 Å². The number of hydrogen-bond acceptors (Lipinski definition) is 2. The minimum absolute atomic E-state index is 0.0572. The molecule has 0 aliphatic carbocycles. The van der Waals surface area contributed by atoms with Crippen molar-refractivity contribution in [2.24, 2.45) is 0 Å². The smallest absolute Gasteiger partial charge is 0.270 e. The SMILES string of the molecule is CCc1nc2cc(C)ccn2c1C(=O)NC(C)C. The monoisotopic (exact) mass is 245 g/mol. The predicted molar refractivity (Wildman–Crippen MR) is 71.9 cm³/mol. The van der Waals surface area contributed by atoms with Crippen LogP contribution in [0.25, 0.3) is 5.65 Å². The summed E-state index contributed by atoms with van der Waals surface area (Å²) < 4.78 is 1.86. The molecule has 96 valence electrons. The van der Waals surface area contributed by atoms with Crippen molar-refractivity contribution in [3.8, 4) is 0 Å². The molecule has 2 rings (SSSR count). The molecular formula is C14H19N3O. The molecule has 18 heavy (non-hydrogen) atoms. The van der Waals surface area contributed by atoms with Gasteiger partial charge >= 0.3 is 0 Å². The standard InChI is InChI=1S/C14H19N3O/c1-5-11-13(14(18)15-9(2)3)17-7-6-10(4)8-12(17)16-11/h6-9H,5H2,1-4H3,(H,15,18). The van der Waals surface area contributed by atoms with Crippen LogP contribution in [0.5, 0.6) is 0 Å². The normalized spacial score (nSPS) is 11.2. The van der Waals surface area contributed by atoms with Crippen LogP contribution in [0.15, 0.2) is 18.3 Å². The molecule has 0 saturated carbocycles. The van der Waals surface area contributed by atoms with E-state index in [1.807, 2.05) is 50.4 Å². The average molecular weight is 245 g/mol. The minimum Gasteiger partial charge on any atom is -0.349 e. The Morgan fingerprint density at radius 2 is 2.22 bits per heavy atom. The Hall–Kier alpha value is -1.84. The van der Waals surface area contributed by atoms with Gasteiger partial charge in [0.25, 0.3) is 5.91 Å². The molecule has 0 aliphatic rings. The molecule has 2 heterocycles. The highest BCUT2D eigenvalue weighted by atomic mass is 16.2. The highest BCUT2D eigenvalue weighted by Gasteiger charge is 2.18. The predicted octanol–water partition coefficient (Wildman–Crippen LogP) is 2.34. The molecule has 0 unspecified atom stereocenters. The first kappa shape index (κ1) is 12.6. The summed E-state index contributed by atoms with van der Waals surface area (Å²) in [6.07, 6.45) is 2.66. The molecule has 1 N–H and O–H groups in total. The van der Waals surface area contributed by atoms with Gasteiger partial charge in [0.05, 0.1) is 5.69 Å². The molecule has 0 radical (unpaired) electrons. The minimum atomic E-state index is -0.0572. The third-order valence-electron chi connectivity index (χ3n) is 2.82. The number of carbonyl (C=O) groups excluding carboxylic acids is 1. The van der Waals surface area contributed by atoms with Gasteiger partial charge in [0.1, 0.15) is 11.3 Å². The van der Waals surface area contributed by atoms with Crippen molar-refractivity contribution in [2.75, 3.05) is 0 Å². The number of carbonyl (C=O) groups is 1. The molecular weight excluding hydrogens is 226 g/mol. The lowest BCUT2D eigenvalue weighted by Gasteiger charge is -2.09. The molecule has 2 aromatic rings. The van der Waals surface area contributed by atoms with Crippen molar-refractivity contribution in [2.45, 2.75) is 40.2 Å². The molecule has 4 nitrogen and oxygen atoms in total. The summed E-state index contributed by atoms with van der Waals surface area (Å²) in [5.74, 6) is -0.0572. The van der Waals surface area contributed by atoms with Gasteiger partial charge in [-0.25, -0.2) is 4.98 Å². The van der Waals surface area contributed by atoms with Crippen LogP contribution < -0.4 is 5.32 Å². The maximum Gasteiger partial charge on any atom is 0.270 e. The fraction of sp³-hybridized carbons (Fsp3) is 0.429. The topological polar surface area (TPSA) is 46.4 Å². The fourth-order valence-corrected chi connectivity index (χ4v) is 2.01. The zero-order valence-corrected chi connectivity index (χ0v) is 11.3. The Kier molecular flexibility index (Phi) is 3.36. The zero-order chi connectivity index (χ0) is 13.3. The number of aryl methyl sites for hydroxylation is 2. The van der Waals surface area contributed by atoms with Crippen molar-refractivity contribution >= 4 is 11.6 Å². The average Bonchev–Trinajstić information content (AvgIpc) is 2.65. The van der Waals surface area contributed by atoms with Gasteiger partial charge in [-0.05, 0) is 44.9 Å². The van der Waals surface area contributed by atoms with E-state index in [0.717, 1.165) is 23.3 Å². The first-order valence-corrected chi connectivity index (χ1v) is 6.31. The van der Waals surface area contributed by atoms with E-state index in [4.69, 9.17) is 0 Å². The van der Waals surface area contributed by atoms with E-state index in [1.54, 1.807) is 0 Å². The van der Waals surface area contributed by atoms with E-state index >= 15 is 0 Å². The quantitative estimate of drug-likeness (QED) is 0.902. The Bertz CT molecular complexity index is 584. The zero-order valence-electron chi connectivity index (χ0n) is 11.3. The second-order valence-electron chi connectivity index (χ2n) is 4.82. The van der Waals surface area contributed by atoms with E-state index in [9.17, 15) is 4.79 Å². The summed E-state index contributed by atoms with van der Waals surface area (Å²) in [7, 11) is 0. The number of amides is 1. The molecule has 4 heteroatoms. The number of fused-ring (bicyclic) bond motifs is 1. The molecule has 0 saturated heterocycles. The highest BCUT2D eigenvalue weighted by Crippen LogP contribution is 2.15. The third-order valence-corrected chi connectivity index (χ3v) is 2.82. The van der Waals surface area contributed by atoms with Gasteiger partial charge in [-0.2, -0.15) is 0 Å². The van der Waals surface area contributed by atoms with Crippen LogP contribution in [0, 0.1) is 6.92 Å². The highest BCUT2D eigenvalue weighted by molar-refractivity contribution is 5.94. The number of nitrogens with zero attached hydrogens (tertiary/aromatic N) is 2. The van der Waals surface area contributed by atoms with Crippen LogP contribution in [0.2, 0.25) is 0 Å². The fourth-order valence-electron chi connectivity index (χ4n) is 2.01. The molecule has 0 bridgehead atoms. The first-order chi connectivity index (χ1) is 8.52. The Morgan fingerprint density at radius 1 is 1.50 bits per heavy atom. The van der Waals surface area contributed by atoms with Crippen molar-refractivity contribution < 1.29 is 4.79 Å². The maximum atomic E-state index is 12.2. The van der Waals surface area contributed by atoms with Gasteiger partial charge in [-0.1, -0.05) is 6.92 Å². The number of imidazole rings is 1. The molecule has 0 atom stereocenters. The summed E-state index contributed by atoms with van der Waals surface area (Å²) >= 11 is 0. The molecule has 0 aliphatic heterocycles. The van der Waals surface area contributed by atoms with E-state index in [-0.39, 0.29) is 11.9 Å². The number of pyridine rings is 1. The second-order valence-corrected chi connectivity index (χ2v) is 4.82. The van der Waals surface area contributed by atoms with Crippen LogP contribution in [0.1, 0.15) is 42.5 Å². The summed E-state index contributed by atoms with van der Waals surface area (Å²) in [5.41, 5.74) is 3.48. The van der Waals surface area contributed by atoms with E-state index < -0.39 is 0 Å². The summed E-state index contributed by atoms with van der Waals surface area (Å²) in [5, 5.41) is 2.93. The molecule has 2 aromatic heterocycles. The van der Waals surface area contributed by atoms with Crippen LogP contribution in [-0.2, 0) is 6.42 Å². The molecule has 1 amide bonds. The Balaban J connectivity index is 2.56. The van der Waals surface area contributed by atoms with Gasteiger partial charge in [0.15, 0.2) is 0 Å². The second kappa shape index (κ2) is 4.80. The maximum absolute atomic E-state index is 12.2. The lowest BCUT2D eigenvalue weighted by molar-refractivity contribution is 0.0936. The Labute approximate surface area is 107 Å². The Morgan fingerprint density at radius 3 is 2.83 bits per heavy atom. The largest absolute Gasteiger partial charge is 0.349 e.